The summed E-state index contributed by atoms with van der Waals surface area (Å²) < 4.78 is 1.99. The summed E-state index contributed by atoms with van der Waals surface area (Å²) in [5.41, 5.74) is 4.45. The lowest BCUT2D eigenvalue weighted by atomic mass is 10.1. The number of hydrogen-bond donors (Lipinski definition) is 1. The first kappa shape index (κ1) is 19.3. The molecule has 0 unspecified atom stereocenters. The molecule has 0 saturated carbocycles. The Hall–Kier alpha value is -2.49. The van der Waals surface area contributed by atoms with Gasteiger partial charge in [-0.3, -0.25) is 4.79 Å². The summed E-state index contributed by atoms with van der Waals surface area (Å²) in [6.07, 6.45) is 0.387. The van der Waals surface area contributed by atoms with Crippen molar-refractivity contribution < 1.29 is 4.79 Å². The monoisotopic (exact) mass is 398 g/mol. The molecule has 0 atom stereocenters. The first-order chi connectivity index (χ1) is 13.0. The molecule has 3 aromatic rings. The number of amides is 1. The molecule has 27 heavy (non-hydrogen) atoms. The Labute approximate surface area is 167 Å². The lowest BCUT2D eigenvalue weighted by Gasteiger charge is -2.11. The zero-order valence-corrected chi connectivity index (χ0v) is 16.7. The summed E-state index contributed by atoms with van der Waals surface area (Å²) in [5.74, 6) is 0.0622. The Morgan fingerprint density at radius 1 is 1.33 bits per heavy atom. The molecule has 1 heterocycles. The molecule has 138 valence electrons. The molecule has 7 heteroatoms. The highest BCUT2D eigenvalue weighted by molar-refractivity contribution is 7.99. The normalized spacial score (nSPS) is 10.7. The molecule has 1 aromatic heterocycles. The maximum atomic E-state index is 12.4. The van der Waals surface area contributed by atoms with Gasteiger partial charge in [0.2, 0.25) is 5.91 Å². The number of fused-ring (bicyclic) bond motifs is 1. The third-order valence-corrected chi connectivity index (χ3v) is 5.37. The molecule has 0 aliphatic rings. The number of para-hydroxylation sites is 2. The molecule has 5 nitrogen and oxygen atoms in total. The average Bonchev–Trinajstić information content (AvgIpc) is 2.98. The summed E-state index contributed by atoms with van der Waals surface area (Å²) in [4.78, 5) is 17.0. The van der Waals surface area contributed by atoms with Crippen molar-refractivity contribution in [2.75, 3.05) is 11.1 Å². The van der Waals surface area contributed by atoms with Gasteiger partial charge in [0.25, 0.3) is 0 Å². The van der Waals surface area contributed by atoms with Crippen LogP contribution >= 0.6 is 23.4 Å². The number of carbonyl (C=O) groups is 1. The number of aryl methyl sites for hydroxylation is 3. The molecule has 0 aliphatic heterocycles. The second-order valence-corrected chi connectivity index (χ2v) is 7.57. The Morgan fingerprint density at radius 3 is 2.85 bits per heavy atom. The van der Waals surface area contributed by atoms with Crippen molar-refractivity contribution in [2.24, 2.45) is 0 Å². The fourth-order valence-corrected chi connectivity index (χ4v) is 4.13. The zero-order valence-electron chi connectivity index (χ0n) is 15.1. The van der Waals surface area contributed by atoms with Gasteiger partial charge < -0.3 is 9.88 Å². The van der Waals surface area contributed by atoms with E-state index in [1.165, 1.54) is 11.8 Å². The van der Waals surface area contributed by atoms with Gasteiger partial charge in [0.05, 0.1) is 40.0 Å². The first-order valence-corrected chi connectivity index (χ1v) is 9.87. The third kappa shape index (κ3) is 4.44. The van der Waals surface area contributed by atoms with E-state index in [0.29, 0.717) is 23.7 Å². The van der Waals surface area contributed by atoms with Crippen LogP contribution in [-0.2, 0) is 11.3 Å². The van der Waals surface area contributed by atoms with Crippen molar-refractivity contribution in [3.8, 4) is 6.07 Å². The van der Waals surface area contributed by atoms with Gasteiger partial charge in [-0.05, 0) is 43.2 Å². The van der Waals surface area contributed by atoms with E-state index in [2.05, 4.69) is 16.4 Å². The minimum atomic E-state index is -0.146. The number of rotatable bonds is 6. The number of thioether (sulfide) groups is 1. The van der Waals surface area contributed by atoms with Gasteiger partial charge in [0, 0.05) is 6.54 Å². The fourth-order valence-electron chi connectivity index (χ4n) is 2.92. The number of nitrogens with zero attached hydrogens (tertiary/aromatic N) is 3. The van der Waals surface area contributed by atoms with Gasteiger partial charge in [-0.15, -0.1) is 0 Å². The Morgan fingerprint density at radius 2 is 2.11 bits per heavy atom. The highest BCUT2D eigenvalue weighted by Crippen LogP contribution is 2.28. The average molecular weight is 399 g/mol. The second-order valence-electron chi connectivity index (χ2n) is 6.22. The topological polar surface area (TPSA) is 70.7 Å². The van der Waals surface area contributed by atoms with Gasteiger partial charge in [-0.25, -0.2) is 4.98 Å². The molecule has 0 saturated heterocycles. The molecule has 1 amide bonds. The lowest BCUT2D eigenvalue weighted by Crippen LogP contribution is -2.16. The van der Waals surface area contributed by atoms with Crippen LogP contribution in [0.1, 0.15) is 17.5 Å². The Bertz CT molecular complexity index is 1020. The molecule has 2 aromatic carbocycles. The van der Waals surface area contributed by atoms with E-state index < -0.39 is 0 Å². The predicted octanol–water partition coefficient (Wildman–Crippen LogP) is 4.95. The number of hydrogen-bond acceptors (Lipinski definition) is 4. The van der Waals surface area contributed by atoms with Crippen molar-refractivity contribution in [1.82, 2.24) is 9.55 Å². The van der Waals surface area contributed by atoms with Crippen molar-refractivity contribution in [3.63, 3.8) is 0 Å². The molecule has 0 aliphatic carbocycles. The van der Waals surface area contributed by atoms with Gasteiger partial charge >= 0.3 is 0 Å². The quantitative estimate of drug-likeness (QED) is 0.596. The molecular formula is C20H19ClN4OS. The van der Waals surface area contributed by atoms with Gasteiger partial charge in [0.15, 0.2) is 5.16 Å². The molecule has 1 N–H and O–H groups in total. The van der Waals surface area contributed by atoms with Crippen LogP contribution in [0.4, 0.5) is 5.69 Å². The predicted molar refractivity (Wildman–Crippen MR) is 110 cm³/mol. The molecule has 0 bridgehead atoms. The number of anilines is 1. The van der Waals surface area contributed by atoms with Crippen LogP contribution in [0.5, 0.6) is 0 Å². The van der Waals surface area contributed by atoms with Crippen LogP contribution in [0.25, 0.3) is 11.0 Å². The standard InChI is InChI=1S/C20H19ClN4OS/c1-13-10-14(2)19(15(21)11-13)24-18(26)12-27-20-23-16-6-3-4-7-17(16)25(20)9-5-8-22/h3-4,6-7,10-11H,5,9,12H2,1-2H3,(H,24,26). The third-order valence-electron chi connectivity index (χ3n) is 4.10. The van der Waals surface area contributed by atoms with E-state index in [4.69, 9.17) is 16.9 Å². The minimum Gasteiger partial charge on any atom is -0.324 e. The highest BCUT2D eigenvalue weighted by Gasteiger charge is 2.14. The SMILES string of the molecule is Cc1cc(C)c(NC(=O)CSc2nc3ccccc3n2CCC#N)c(Cl)c1. The van der Waals surface area contributed by atoms with Crippen LogP contribution in [0, 0.1) is 25.2 Å². The zero-order chi connectivity index (χ0) is 19.4. The summed E-state index contributed by atoms with van der Waals surface area (Å²) in [7, 11) is 0. The van der Waals surface area contributed by atoms with E-state index in [0.717, 1.165) is 27.3 Å². The number of imidazole rings is 1. The number of nitriles is 1. The summed E-state index contributed by atoms with van der Waals surface area (Å²) in [5, 5.41) is 13.1. The maximum Gasteiger partial charge on any atom is 0.234 e. The number of carbonyl (C=O) groups excluding carboxylic acids is 1. The molecular weight excluding hydrogens is 380 g/mol. The van der Waals surface area contributed by atoms with E-state index >= 15 is 0 Å². The summed E-state index contributed by atoms with van der Waals surface area (Å²) in [6.45, 7) is 4.43. The van der Waals surface area contributed by atoms with E-state index in [1.807, 2.05) is 54.8 Å². The maximum absolute atomic E-state index is 12.4. The van der Waals surface area contributed by atoms with Gasteiger partial charge in [0.1, 0.15) is 0 Å². The van der Waals surface area contributed by atoms with Crippen molar-refractivity contribution in [3.05, 3.63) is 52.5 Å². The van der Waals surface area contributed by atoms with Crippen LogP contribution in [0.2, 0.25) is 5.02 Å². The van der Waals surface area contributed by atoms with Crippen LogP contribution < -0.4 is 5.32 Å². The number of benzene rings is 2. The number of halogens is 1. The number of aromatic nitrogens is 2. The van der Waals surface area contributed by atoms with Crippen LogP contribution in [-0.4, -0.2) is 21.2 Å². The van der Waals surface area contributed by atoms with E-state index in [-0.39, 0.29) is 11.7 Å². The van der Waals surface area contributed by atoms with Gasteiger partial charge in [-0.1, -0.05) is 41.6 Å². The summed E-state index contributed by atoms with van der Waals surface area (Å²) >= 11 is 7.62. The first-order valence-electron chi connectivity index (χ1n) is 8.51. The fraction of sp³-hybridized carbons (Fsp3) is 0.250. The molecule has 0 spiro atoms. The molecule has 3 rings (SSSR count). The summed E-state index contributed by atoms with van der Waals surface area (Å²) in [6, 6.07) is 13.7. The lowest BCUT2D eigenvalue weighted by molar-refractivity contribution is -0.113. The van der Waals surface area contributed by atoms with Crippen molar-refractivity contribution in [1.29, 1.82) is 5.26 Å². The highest BCUT2D eigenvalue weighted by atomic mass is 35.5. The van der Waals surface area contributed by atoms with E-state index in [1.54, 1.807) is 0 Å². The largest absolute Gasteiger partial charge is 0.324 e. The minimum absolute atomic E-state index is 0.146. The smallest absolute Gasteiger partial charge is 0.234 e. The molecule has 0 fully saturated rings. The van der Waals surface area contributed by atoms with Gasteiger partial charge in [-0.2, -0.15) is 5.26 Å². The molecule has 0 radical (unpaired) electrons. The van der Waals surface area contributed by atoms with Crippen molar-refractivity contribution >= 4 is 46.0 Å². The van der Waals surface area contributed by atoms with Crippen LogP contribution in [0.3, 0.4) is 0 Å². The van der Waals surface area contributed by atoms with Crippen molar-refractivity contribution in [2.45, 2.75) is 32.0 Å². The number of nitrogens with one attached hydrogen (secondary N) is 1. The van der Waals surface area contributed by atoms with Crippen LogP contribution in [0.15, 0.2) is 41.6 Å². The second kappa shape index (κ2) is 8.47. The van der Waals surface area contributed by atoms with E-state index in [9.17, 15) is 4.79 Å². The Kier molecular flexibility index (Phi) is 6.04. The Balaban J connectivity index is 1.75.